The summed E-state index contributed by atoms with van der Waals surface area (Å²) in [7, 11) is 4.59. The van der Waals surface area contributed by atoms with E-state index in [1.807, 2.05) is 6.07 Å². The second-order valence-corrected chi connectivity index (χ2v) is 10.1. The molecular weight excluding hydrogens is 535 g/mol. The Hall–Kier alpha value is -3.92. The molecule has 1 fully saturated rings. The van der Waals surface area contributed by atoms with Crippen molar-refractivity contribution in [3.63, 3.8) is 0 Å². The predicted molar refractivity (Wildman–Crippen MR) is 151 cm³/mol. The van der Waals surface area contributed by atoms with Crippen LogP contribution in [0.4, 0.5) is 13.2 Å². The number of fused-ring (bicyclic) bond motifs is 1. The van der Waals surface area contributed by atoms with Crippen LogP contribution in [0.15, 0.2) is 48.5 Å². The number of nitrogens with one attached hydrogen (secondary N) is 1. The fourth-order valence-electron chi connectivity index (χ4n) is 5.36. The summed E-state index contributed by atoms with van der Waals surface area (Å²) in [6.07, 6.45) is -0.801. The van der Waals surface area contributed by atoms with Crippen molar-refractivity contribution in [1.82, 2.24) is 14.9 Å². The number of hydrogen-bond donors (Lipinski definition) is 1. The smallest absolute Gasteiger partial charge is 0.416 e. The van der Waals surface area contributed by atoms with Gasteiger partial charge in [0.15, 0.2) is 11.5 Å². The number of aromatic nitrogens is 2. The van der Waals surface area contributed by atoms with Crippen molar-refractivity contribution in [2.45, 2.75) is 31.9 Å². The Morgan fingerprint density at radius 1 is 0.878 bits per heavy atom. The van der Waals surface area contributed by atoms with Gasteiger partial charge in [-0.1, -0.05) is 24.6 Å². The number of H-pyrrole nitrogens is 1. The van der Waals surface area contributed by atoms with Crippen LogP contribution in [0.25, 0.3) is 22.4 Å². The van der Waals surface area contributed by atoms with Gasteiger partial charge < -0.3 is 23.9 Å². The molecule has 0 amide bonds. The molecule has 0 bridgehead atoms. The molecule has 4 aromatic rings. The third-order valence-electron chi connectivity index (χ3n) is 7.41. The first kappa shape index (κ1) is 28.6. The lowest BCUT2D eigenvalue weighted by Gasteiger charge is -2.26. The Balaban J connectivity index is 1.54. The average Bonchev–Trinajstić information content (AvgIpc) is 3.41. The molecule has 0 aliphatic carbocycles. The first-order chi connectivity index (χ1) is 19.8. The third-order valence-corrected chi connectivity index (χ3v) is 7.41. The van der Waals surface area contributed by atoms with Crippen LogP contribution in [0.3, 0.4) is 0 Å². The highest BCUT2D eigenvalue weighted by atomic mass is 19.4. The van der Waals surface area contributed by atoms with E-state index in [4.69, 9.17) is 23.9 Å². The van der Waals surface area contributed by atoms with Gasteiger partial charge in [-0.2, -0.15) is 13.2 Å². The van der Waals surface area contributed by atoms with E-state index >= 15 is 0 Å². The Morgan fingerprint density at radius 3 is 2.24 bits per heavy atom. The quantitative estimate of drug-likeness (QED) is 0.228. The number of imidazole rings is 1. The van der Waals surface area contributed by atoms with E-state index in [1.54, 1.807) is 24.3 Å². The SMILES string of the molecule is COc1cc(-c2nc3c(Cc4ccccc4C(F)(F)F)cc(OCCN4CCCCC4)cc3[nH]2)cc(OC)c1OC. The summed E-state index contributed by atoms with van der Waals surface area (Å²) in [5, 5.41) is 0. The van der Waals surface area contributed by atoms with Gasteiger partial charge in [0.2, 0.25) is 5.75 Å². The maximum Gasteiger partial charge on any atom is 0.416 e. The lowest BCUT2D eigenvalue weighted by atomic mass is 9.98. The van der Waals surface area contributed by atoms with Crippen LogP contribution in [0.1, 0.15) is 36.0 Å². The second kappa shape index (κ2) is 12.3. The van der Waals surface area contributed by atoms with Crippen LogP contribution in [0.2, 0.25) is 0 Å². The summed E-state index contributed by atoms with van der Waals surface area (Å²) >= 11 is 0. The third kappa shape index (κ3) is 6.37. The highest BCUT2D eigenvalue weighted by molar-refractivity contribution is 5.85. The van der Waals surface area contributed by atoms with Gasteiger partial charge in [-0.25, -0.2) is 4.98 Å². The van der Waals surface area contributed by atoms with Crippen LogP contribution in [-0.2, 0) is 12.6 Å². The van der Waals surface area contributed by atoms with Gasteiger partial charge in [-0.15, -0.1) is 0 Å². The zero-order valence-electron chi connectivity index (χ0n) is 23.4. The molecule has 218 valence electrons. The summed E-state index contributed by atoms with van der Waals surface area (Å²) < 4.78 is 64.1. The summed E-state index contributed by atoms with van der Waals surface area (Å²) in [5.41, 5.74) is 2.03. The molecule has 0 atom stereocenters. The van der Waals surface area contributed by atoms with Crippen molar-refractivity contribution in [2.24, 2.45) is 0 Å². The molecule has 0 saturated carbocycles. The number of methoxy groups -OCH3 is 3. The molecule has 3 aromatic carbocycles. The molecule has 1 aliphatic rings. The number of alkyl halides is 3. The van der Waals surface area contributed by atoms with E-state index < -0.39 is 11.7 Å². The molecule has 0 unspecified atom stereocenters. The lowest BCUT2D eigenvalue weighted by molar-refractivity contribution is -0.138. The molecule has 7 nitrogen and oxygen atoms in total. The predicted octanol–water partition coefficient (Wildman–Crippen LogP) is 6.73. The minimum atomic E-state index is -4.47. The van der Waals surface area contributed by atoms with E-state index in [0.29, 0.717) is 57.6 Å². The summed E-state index contributed by atoms with van der Waals surface area (Å²) in [5.74, 6) is 2.46. The monoisotopic (exact) mass is 569 g/mol. The lowest BCUT2D eigenvalue weighted by Crippen LogP contribution is -2.33. The molecule has 1 N–H and O–H groups in total. The van der Waals surface area contributed by atoms with Gasteiger partial charge in [0.25, 0.3) is 0 Å². The molecule has 2 heterocycles. The van der Waals surface area contributed by atoms with Crippen molar-refractivity contribution >= 4 is 11.0 Å². The minimum Gasteiger partial charge on any atom is -0.493 e. The highest BCUT2D eigenvalue weighted by Crippen LogP contribution is 2.41. The fourth-order valence-corrected chi connectivity index (χ4v) is 5.36. The van der Waals surface area contributed by atoms with E-state index in [-0.39, 0.29) is 12.0 Å². The number of nitrogens with zero attached hydrogens (tertiary/aromatic N) is 2. The Labute approximate surface area is 237 Å². The Kier molecular flexibility index (Phi) is 8.58. The minimum absolute atomic E-state index is 0.0368. The molecule has 1 aromatic heterocycles. The molecule has 1 aliphatic heterocycles. The van der Waals surface area contributed by atoms with E-state index in [2.05, 4.69) is 9.88 Å². The van der Waals surface area contributed by atoms with Gasteiger partial charge in [0, 0.05) is 24.6 Å². The molecular formula is C31H34F3N3O4. The van der Waals surface area contributed by atoms with Crippen molar-refractivity contribution in [1.29, 1.82) is 0 Å². The standard InChI is InChI=1S/C31H34F3N3O4/c1-38-26-17-22(18-27(39-2)29(26)40-3)30-35-25-19-23(41-14-13-37-11-7-4-8-12-37)16-21(28(25)36-30)15-20-9-5-6-10-24(20)31(32,33)34/h5-6,9-10,16-19H,4,7-8,11-15H2,1-3H3,(H,35,36). The summed E-state index contributed by atoms with van der Waals surface area (Å²) in [6, 6.07) is 12.8. The number of hydrogen-bond acceptors (Lipinski definition) is 6. The van der Waals surface area contributed by atoms with Crippen molar-refractivity contribution in [2.75, 3.05) is 47.6 Å². The average molecular weight is 570 g/mol. The molecule has 0 radical (unpaired) electrons. The van der Waals surface area contributed by atoms with Crippen LogP contribution >= 0.6 is 0 Å². The van der Waals surface area contributed by atoms with Crippen LogP contribution in [-0.4, -0.2) is 62.4 Å². The van der Waals surface area contributed by atoms with E-state index in [9.17, 15) is 13.2 Å². The second-order valence-electron chi connectivity index (χ2n) is 10.1. The normalized spacial score (nSPS) is 14.3. The summed E-state index contributed by atoms with van der Waals surface area (Å²) in [6.45, 7) is 3.39. The number of benzene rings is 3. The summed E-state index contributed by atoms with van der Waals surface area (Å²) in [4.78, 5) is 10.5. The Morgan fingerprint density at radius 2 is 1.59 bits per heavy atom. The molecule has 10 heteroatoms. The van der Waals surface area contributed by atoms with Crippen LogP contribution < -0.4 is 18.9 Å². The van der Waals surface area contributed by atoms with E-state index in [0.717, 1.165) is 25.7 Å². The number of piperidine rings is 1. The van der Waals surface area contributed by atoms with Gasteiger partial charge in [0.1, 0.15) is 18.2 Å². The van der Waals surface area contributed by atoms with Crippen LogP contribution in [0.5, 0.6) is 23.0 Å². The number of halogens is 3. The molecule has 1 saturated heterocycles. The van der Waals surface area contributed by atoms with Crippen molar-refractivity contribution < 1.29 is 32.1 Å². The number of likely N-dealkylation sites (tertiary alicyclic amines) is 1. The maximum atomic E-state index is 13.8. The number of ether oxygens (including phenoxy) is 4. The zero-order chi connectivity index (χ0) is 29.0. The zero-order valence-corrected chi connectivity index (χ0v) is 23.4. The number of rotatable bonds is 10. The van der Waals surface area contributed by atoms with Crippen molar-refractivity contribution in [3.8, 4) is 34.4 Å². The molecule has 0 spiro atoms. The molecule has 41 heavy (non-hydrogen) atoms. The first-order valence-corrected chi connectivity index (χ1v) is 13.6. The van der Waals surface area contributed by atoms with Gasteiger partial charge in [0.05, 0.1) is 37.9 Å². The first-order valence-electron chi connectivity index (χ1n) is 13.6. The fraction of sp³-hybridized carbons (Fsp3) is 0.387. The highest BCUT2D eigenvalue weighted by Gasteiger charge is 2.33. The maximum absolute atomic E-state index is 13.8. The Bertz CT molecular complexity index is 1470. The largest absolute Gasteiger partial charge is 0.493 e. The van der Waals surface area contributed by atoms with Gasteiger partial charge in [-0.3, -0.25) is 4.90 Å². The molecule has 5 rings (SSSR count). The van der Waals surface area contributed by atoms with E-state index in [1.165, 1.54) is 52.7 Å². The van der Waals surface area contributed by atoms with Crippen molar-refractivity contribution in [3.05, 3.63) is 65.2 Å². The van der Waals surface area contributed by atoms with Crippen LogP contribution in [0, 0.1) is 0 Å². The van der Waals surface area contributed by atoms with Gasteiger partial charge in [-0.05, 0) is 61.3 Å². The van der Waals surface area contributed by atoms with Gasteiger partial charge >= 0.3 is 6.18 Å². The number of aromatic amines is 1. The topological polar surface area (TPSA) is 68.8 Å².